The Balaban J connectivity index is 2.18. The number of esters is 1. The third-order valence-electron chi connectivity index (χ3n) is 2.66. The summed E-state index contributed by atoms with van der Waals surface area (Å²) in [6.07, 6.45) is 0. The van der Waals surface area contributed by atoms with Gasteiger partial charge in [0.2, 0.25) is 5.75 Å². The van der Waals surface area contributed by atoms with Crippen molar-refractivity contribution in [1.82, 2.24) is 0 Å². The molecule has 0 unspecified atom stereocenters. The number of benzene rings is 2. The first-order chi connectivity index (χ1) is 10.1. The van der Waals surface area contributed by atoms with Crippen molar-refractivity contribution in [2.75, 3.05) is 6.61 Å². The summed E-state index contributed by atoms with van der Waals surface area (Å²) in [5.41, 5.74) is 0.277. The summed E-state index contributed by atoms with van der Waals surface area (Å²) < 4.78 is 10.3. The second-order valence-corrected chi connectivity index (χ2v) is 4.07. The molecule has 0 N–H and O–H groups in total. The molecule has 0 fully saturated rings. The predicted molar refractivity (Wildman–Crippen MR) is 75.6 cm³/mol. The fraction of sp³-hybridized carbons (Fsp3) is 0.133. The first-order valence-corrected chi connectivity index (χ1v) is 6.30. The number of para-hydroxylation sites is 2. The molecule has 0 saturated carbocycles. The Bertz CT molecular complexity index is 651. The van der Waals surface area contributed by atoms with E-state index >= 15 is 0 Å². The molecule has 0 bridgehead atoms. The maximum Gasteiger partial charge on any atom is 0.338 e. The van der Waals surface area contributed by atoms with E-state index in [-0.39, 0.29) is 11.4 Å². The van der Waals surface area contributed by atoms with Crippen LogP contribution in [0.3, 0.4) is 0 Å². The molecule has 108 valence electrons. The Morgan fingerprint density at radius 3 is 2.43 bits per heavy atom. The fourth-order valence-electron chi connectivity index (χ4n) is 1.69. The van der Waals surface area contributed by atoms with Crippen LogP contribution in [-0.2, 0) is 4.74 Å². The summed E-state index contributed by atoms with van der Waals surface area (Å²) in [5, 5.41) is 10.9. The van der Waals surface area contributed by atoms with Gasteiger partial charge in [-0.15, -0.1) is 0 Å². The number of nitrogens with zero attached hydrogens (tertiary/aromatic N) is 1. The standard InChI is InChI=1S/C15H13NO5/c1-2-20-15(17)11-7-9-12(10-8-11)21-14-6-4-3-5-13(14)16(18)19/h3-10H,2H2,1H3. The lowest BCUT2D eigenvalue weighted by Crippen LogP contribution is -2.04. The summed E-state index contributed by atoms with van der Waals surface area (Å²) in [7, 11) is 0. The Hall–Kier alpha value is -2.89. The number of nitro benzene ring substituents is 1. The molecule has 2 aromatic rings. The Morgan fingerprint density at radius 2 is 1.81 bits per heavy atom. The van der Waals surface area contributed by atoms with Crippen LogP contribution in [0.2, 0.25) is 0 Å². The van der Waals surface area contributed by atoms with Crippen LogP contribution in [0.4, 0.5) is 5.69 Å². The van der Waals surface area contributed by atoms with E-state index in [9.17, 15) is 14.9 Å². The van der Waals surface area contributed by atoms with Gasteiger partial charge < -0.3 is 9.47 Å². The van der Waals surface area contributed by atoms with Crippen LogP contribution < -0.4 is 4.74 Å². The first kappa shape index (κ1) is 14.5. The topological polar surface area (TPSA) is 78.7 Å². The van der Waals surface area contributed by atoms with Crippen molar-refractivity contribution in [3.8, 4) is 11.5 Å². The minimum absolute atomic E-state index is 0.119. The highest BCUT2D eigenvalue weighted by Gasteiger charge is 2.14. The zero-order valence-corrected chi connectivity index (χ0v) is 11.3. The van der Waals surface area contributed by atoms with Gasteiger partial charge in [-0.3, -0.25) is 10.1 Å². The van der Waals surface area contributed by atoms with Crippen LogP contribution in [0.15, 0.2) is 48.5 Å². The van der Waals surface area contributed by atoms with E-state index in [2.05, 4.69) is 0 Å². The van der Waals surface area contributed by atoms with E-state index < -0.39 is 10.9 Å². The predicted octanol–water partition coefficient (Wildman–Crippen LogP) is 3.56. The summed E-state index contributed by atoms with van der Waals surface area (Å²) in [6.45, 7) is 2.03. The number of hydrogen-bond acceptors (Lipinski definition) is 5. The Labute approximate surface area is 121 Å². The van der Waals surface area contributed by atoms with Crippen molar-refractivity contribution in [2.45, 2.75) is 6.92 Å². The molecule has 0 aliphatic carbocycles. The Kier molecular flexibility index (Phi) is 4.50. The van der Waals surface area contributed by atoms with Gasteiger partial charge >= 0.3 is 11.7 Å². The van der Waals surface area contributed by atoms with Gasteiger partial charge in [-0.05, 0) is 37.3 Å². The zero-order chi connectivity index (χ0) is 15.2. The van der Waals surface area contributed by atoms with Crippen molar-refractivity contribution in [1.29, 1.82) is 0 Å². The average Bonchev–Trinajstić information content (AvgIpc) is 2.48. The largest absolute Gasteiger partial charge is 0.462 e. The molecule has 0 radical (unpaired) electrons. The lowest BCUT2D eigenvalue weighted by molar-refractivity contribution is -0.385. The molecular weight excluding hydrogens is 274 g/mol. The minimum atomic E-state index is -0.512. The van der Waals surface area contributed by atoms with Crippen LogP contribution in [-0.4, -0.2) is 17.5 Å². The molecule has 2 rings (SSSR count). The molecule has 0 saturated heterocycles. The summed E-state index contributed by atoms with van der Waals surface area (Å²) >= 11 is 0. The number of hydrogen-bond donors (Lipinski definition) is 0. The highest BCUT2D eigenvalue weighted by molar-refractivity contribution is 5.89. The number of carbonyl (C=O) groups is 1. The van der Waals surface area contributed by atoms with Crippen molar-refractivity contribution in [2.24, 2.45) is 0 Å². The molecule has 21 heavy (non-hydrogen) atoms. The lowest BCUT2D eigenvalue weighted by atomic mass is 10.2. The van der Waals surface area contributed by atoms with Gasteiger partial charge in [0, 0.05) is 6.07 Å². The van der Waals surface area contributed by atoms with Crippen LogP contribution in [0, 0.1) is 10.1 Å². The second kappa shape index (κ2) is 6.51. The highest BCUT2D eigenvalue weighted by Crippen LogP contribution is 2.30. The van der Waals surface area contributed by atoms with Gasteiger partial charge in [0.25, 0.3) is 0 Å². The van der Waals surface area contributed by atoms with E-state index in [1.165, 1.54) is 12.1 Å². The van der Waals surface area contributed by atoms with Crippen molar-refractivity contribution in [3.63, 3.8) is 0 Å². The minimum Gasteiger partial charge on any atom is -0.462 e. The summed E-state index contributed by atoms with van der Waals surface area (Å²) in [6, 6.07) is 12.3. The lowest BCUT2D eigenvalue weighted by Gasteiger charge is -2.07. The second-order valence-electron chi connectivity index (χ2n) is 4.07. The zero-order valence-electron chi connectivity index (χ0n) is 11.3. The number of nitro groups is 1. The third kappa shape index (κ3) is 3.56. The fourth-order valence-corrected chi connectivity index (χ4v) is 1.69. The van der Waals surface area contributed by atoms with Crippen LogP contribution in [0.1, 0.15) is 17.3 Å². The molecule has 0 aliphatic heterocycles. The molecule has 0 amide bonds. The van der Waals surface area contributed by atoms with E-state index in [0.717, 1.165) is 0 Å². The van der Waals surface area contributed by atoms with Crippen molar-refractivity contribution >= 4 is 11.7 Å². The molecule has 2 aromatic carbocycles. The van der Waals surface area contributed by atoms with Gasteiger partial charge in [0.05, 0.1) is 17.1 Å². The SMILES string of the molecule is CCOC(=O)c1ccc(Oc2ccccc2[N+](=O)[O-])cc1. The quantitative estimate of drug-likeness (QED) is 0.477. The summed E-state index contributed by atoms with van der Waals surface area (Å²) in [4.78, 5) is 21.9. The molecule has 0 heterocycles. The smallest absolute Gasteiger partial charge is 0.338 e. The average molecular weight is 287 g/mol. The molecular formula is C15H13NO5. The molecule has 0 aliphatic rings. The van der Waals surface area contributed by atoms with E-state index in [1.54, 1.807) is 43.3 Å². The molecule has 0 aromatic heterocycles. The van der Waals surface area contributed by atoms with Gasteiger partial charge in [-0.2, -0.15) is 0 Å². The van der Waals surface area contributed by atoms with Gasteiger partial charge in [-0.25, -0.2) is 4.79 Å². The normalized spacial score (nSPS) is 9.95. The number of ether oxygens (including phenoxy) is 2. The monoisotopic (exact) mass is 287 g/mol. The van der Waals surface area contributed by atoms with Gasteiger partial charge in [0.15, 0.2) is 0 Å². The maximum absolute atomic E-state index is 11.5. The molecule has 0 spiro atoms. The van der Waals surface area contributed by atoms with Gasteiger partial charge in [0.1, 0.15) is 5.75 Å². The van der Waals surface area contributed by atoms with Crippen molar-refractivity contribution in [3.05, 3.63) is 64.2 Å². The highest BCUT2D eigenvalue weighted by atomic mass is 16.6. The molecule has 6 heteroatoms. The summed E-state index contributed by atoms with van der Waals surface area (Å²) in [5.74, 6) is 0.124. The van der Waals surface area contributed by atoms with Crippen LogP contribution >= 0.6 is 0 Å². The Morgan fingerprint density at radius 1 is 1.14 bits per heavy atom. The molecule has 6 nitrogen and oxygen atoms in total. The van der Waals surface area contributed by atoms with Crippen LogP contribution in [0.25, 0.3) is 0 Å². The van der Waals surface area contributed by atoms with Crippen LogP contribution in [0.5, 0.6) is 11.5 Å². The molecule has 0 atom stereocenters. The van der Waals surface area contributed by atoms with E-state index in [4.69, 9.17) is 9.47 Å². The number of carbonyl (C=O) groups excluding carboxylic acids is 1. The van der Waals surface area contributed by atoms with E-state index in [1.807, 2.05) is 0 Å². The van der Waals surface area contributed by atoms with Crippen molar-refractivity contribution < 1.29 is 19.2 Å². The van der Waals surface area contributed by atoms with E-state index in [0.29, 0.717) is 17.9 Å². The maximum atomic E-state index is 11.5. The first-order valence-electron chi connectivity index (χ1n) is 6.30. The number of rotatable bonds is 5. The third-order valence-corrected chi connectivity index (χ3v) is 2.66. The van der Waals surface area contributed by atoms with Gasteiger partial charge in [-0.1, -0.05) is 12.1 Å².